The number of furan rings is 1. The molecule has 4 rings (SSSR count). The first-order valence-electron chi connectivity index (χ1n) is 8.57. The number of alkyl halides is 3. The second-order valence-corrected chi connectivity index (χ2v) is 9.04. The molecule has 158 valence electrons. The normalized spacial score (nSPS) is 18.6. The molecule has 2 atom stereocenters. The van der Waals surface area contributed by atoms with Crippen molar-refractivity contribution >= 4 is 65.2 Å². The molecule has 0 radical (unpaired) electrons. The molecule has 0 spiro atoms. The van der Waals surface area contributed by atoms with Gasteiger partial charge in [-0.25, -0.2) is 4.68 Å². The van der Waals surface area contributed by atoms with Gasteiger partial charge in [-0.05, 0) is 68.3 Å². The predicted molar refractivity (Wildman–Crippen MR) is 115 cm³/mol. The third kappa shape index (κ3) is 4.17. The minimum atomic E-state index is -4.57. The lowest BCUT2D eigenvalue weighted by atomic mass is 10.0. The van der Waals surface area contributed by atoms with E-state index in [4.69, 9.17) is 4.42 Å². The Morgan fingerprint density at radius 1 is 1.17 bits per heavy atom. The highest BCUT2D eigenvalue weighted by molar-refractivity contribution is 9.11. The third-order valence-electron chi connectivity index (χ3n) is 4.55. The molecule has 1 aliphatic heterocycles. The lowest BCUT2D eigenvalue weighted by Gasteiger charge is -2.32. The zero-order valence-corrected chi connectivity index (χ0v) is 19.6. The number of halogens is 6. The highest BCUT2D eigenvalue weighted by Crippen LogP contribution is 2.46. The maximum absolute atomic E-state index is 13.8. The van der Waals surface area contributed by atoms with Crippen molar-refractivity contribution in [3.05, 3.63) is 61.5 Å². The highest BCUT2D eigenvalue weighted by Gasteiger charge is 2.48. The summed E-state index contributed by atoms with van der Waals surface area (Å²) in [5, 5.41) is 9.60. The van der Waals surface area contributed by atoms with Crippen LogP contribution in [0.5, 0.6) is 0 Å². The fourth-order valence-corrected chi connectivity index (χ4v) is 4.30. The van der Waals surface area contributed by atoms with Gasteiger partial charge in [-0.1, -0.05) is 15.9 Å². The molecule has 1 amide bonds. The van der Waals surface area contributed by atoms with Crippen LogP contribution in [-0.2, 0) is 0 Å². The van der Waals surface area contributed by atoms with Gasteiger partial charge in [0.1, 0.15) is 11.6 Å². The van der Waals surface area contributed by atoms with E-state index in [9.17, 15) is 18.0 Å². The summed E-state index contributed by atoms with van der Waals surface area (Å²) in [6, 6.07) is 7.32. The molecule has 0 fully saturated rings. The van der Waals surface area contributed by atoms with Crippen LogP contribution in [0.3, 0.4) is 0 Å². The number of carbonyl (C=O) groups excluding carboxylic acids is 1. The van der Waals surface area contributed by atoms with Crippen molar-refractivity contribution in [2.24, 2.45) is 0 Å². The van der Waals surface area contributed by atoms with Gasteiger partial charge in [0.05, 0.1) is 10.5 Å². The Balaban J connectivity index is 1.69. The van der Waals surface area contributed by atoms with Crippen LogP contribution < -0.4 is 10.6 Å². The SMILES string of the molecule is O=C(Nc1ccc(Br)cc1)c1nn2c(c1Br)NC(c1ccc(Br)o1)CC2C(F)(F)F. The quantitative estimate of drug-likeness (QED) is 0.346. The Hall–Kier alpha value is -1.79. The van der Waals surface area contributed by atoms with Gasteiger partial charge in [0, 0.05) is 16.6 Å². The molecule has 0 aliphatic carbocycles. The first-order valence-corrected chi connectivity index (χ1v) is 10.9. The molecule has 0 saturated carbocycles. The van der Waals surface area contributed by atoms with Crippen LogP contribution in [0.1, 0.15) is 34.8 Å². The minimum Gasteiger partial charge on any atom is -0.452 e. The number of rotatable bonds is 3. The molecule has 1 aromatic carbocycles. The summed E-state index contributed by atoms with van der Waals surface area (Å²) in [6.45, 7) is 0. The molecule has 3 heterocycles. The molecule has 2 unspecified atom stereocenters. The molecular formula is C18H12Br3F3N4O2. The van der Waals surface area contributed by atoms with Gasteiger partial charge < -0.3 is 15.1 Å². The summed E-state index contributed by atoms with van der Waals surface area (Å²) in [5.74, 6) is -0.232. The number of nitrogens with zero attached hydrogens (tertiary/aromatic N) is 2. The summed E-state index contributed by atoms with van der Waals surface area (Å²) in [6.07, 6.45) is -4.90. The molecule has 0 saturated heterocycles. The lowest BCUT2D eigenvalue weighted by Crippen LogP contribution is -2.35. The number of aromatic nitrogens is 2. The van der Waals surface area contributed by atoms with E-state index in [-0.39, 0.29) is 22.4 Å². The van der Waals surface area contributed by atoms with E-state index < -0.39 is 24.2 Å². The van der Waals surface area contributed by atoms with E-state index in [1.165, 1.54) is 0 Å². The van der Waals surface area contributed by atoms with Gasteiger partial charge in [-0.15, -0.1) is 0 Å². The van der Waals surface area contributed by atoms with Gasteiger partial charge >= 0.3 is 6.18 Å². The smallest absolute Gasteiger partial charge is 0.410 e. The van der Waals surface area contributed by atoms with Gasteiger partial charge in [0.2, 0.25) is 0 Å². The number of carbonyl (C=O) groups is 1. The standard InChI is InChI=1S/C18H12Br3F3N4O2/c19-8-1-3-9(4-2-8)25-17(29)15-14(21)16-26-10(11-5-6-13(20)30-11)7-12(18(22,23)24)28(16)27-15/h1-6,10,12,26H,7H2,(H,25,29). The van der Waals surface area contributed by atoms with Crippen molar-refractivity contribution in [1.29, 1.82) is 0 Å². The van der Waals surface area contributed by atoms with Crippen LogP contribution in [0.15, 0.2) is 54.4 Å². The molecule has 6 nitrogen and oxygen atoms in total. The number of hydrogen-bond donors (Lipinski definition) is 2. The van der Waals surface area contributed by atoms with Crippen molar-refractivity contribution in [2.45, 2.75) is 24.7 Å². The number of nitrogens with one attached hydrogen (secondary N) is 2. The second kappa shape index (κ2) is 8.04. The summed E-state index contributed by atoms with van der Waals surface area (Å²) >= 11 is 9.70. The monoisotopic (exact) mass is 610 g/mol. The van der Waals surface area contributed by atoms with Crippen molar-refractivity contribution in [1.82, 2.24) is 9.78 Å². The first kappa shape index (κ1) is 21.4. The second-order valence-electron chi connectivity index (χ2n) is 6.55. The van der Waals surface area contributed by atoms with Gasteiger partial charge in [-0.2, -0.15) is 18.3 Å². The summed E-state index contributed by atoms with van der Waals surface area (Å²) in [4.78, 5) is 12.7. The topological polar surface area (TPSA) is 72.1 Å². The molecule has 2 aromatic heterocycles. The van der Waals surface area contributed by atoms with Crippen LogP contribution in [0.25, 0.3) is 0 Å². The van der Waals surface area contributed by atoms with E-state index in [0.29, 0.717) is 16.1 Å². The van der Waals surface area contributed by atoms with Crippen molar-refractivity contribution in [3.8, 4) is 0 Å². The lowest BCUT2D eigenvalue weighted by molar-refractivity contribution is -0.174. The maximum Gasteiger partial charge on any atom is 0.410 e. The Morgan fingerprint density at radius 3 is 2.47 bits per heavy atom. The number of benzene rings is 1. The summed E-state index contributed by atoms with van der Waals surface area (Å²) in [7, 11) is 0. The predicted octanol–water partition coefficient (Wildman–Crippen LogP) is 6.68. The van der Waals surface area contributed by atoms with Gasteiger partial charge in [0.15, 0.2) is 16.4 Å². The molecule has 1 aliphatic rings. The average Bonchev–Trinajstić information content (AvgIpc) is 3.26. The van der Waals surface area contributed by atoms with Crippen LogP contribution >= 0.6 is 47.8 Å². The molecule has 2 N–H and O–H groups in total. The van der Waals surface area contributed by atoms with Crippen molar-refractivity contribution < 1.29 is 22.4 Å². The number of anilines is 2. The van der Waals surface area contributed by atoms with Crippen molar-refractivity contribution in [2.75, 3.05) is 10.6 Å². The number of amides is 1. The molecule has 30 heavy (non-hydrogen) atoms. The maximum atomic E-state index is 13.8. The molecular weight excluding hydrogens is 601 g/mol. The average molecular weight is 613 g/mol. The van der Waals surface area contributed by atoms with E-state index >= 15 is 0 Å². The summed E-state index contributed by atoms with van der Waals surface area (Å²) in [5.41, 5.74) is 0.329. The largest absolute Gasteiger partial charge is 0.452 e. The van der Waals surface area contributed by atoms with Gasteiger partial charge in [-0.3, -0.25) is 4.79 Å². The third-order valence-corrected chi connectivity index (χ3v) is 6.26. The first-order chi connectivity index (χ1) is 14.1. The van der Waals surface area contributed by atoms with E-state index in [2.05, 4.69) is 63.5 Å². The van der Waals surface area contributed by atoms with Crippen molar-refractivity contribution in [3.63, 3.8) is 0 Å². The molecule has 3 aromatic rings. The highest BCUT2D eigenvalue weighted by atomic mass is 79.9. The van der Waals surface area contributed by atoms with E-state index in [1.807, 2.05) is 0 Å². The molecule has 0 bridgehead atoms. The van der Waals surface area contributed by atoms with Crippen LogP contribution in [-0.4, -0.2) is 21.9 Å². The van der Waals surface area contributed by atoms with Gasteiger partial charge in [0.25, 0.3) is 5.91 Å². The van der Waals surface area contributed by atoms with Crippen LogP contribution in [0, 0.1) is 0 Å². The Kier molecular flexibility index (Phi) is 5.75. The summed E-state index contributed by atoms with van der Waals surface area (Å²) < 4.78 is 49.0. The van der Waals surface area contributed by atoms with E-state index in [0.717, 1.165) is 9.15 Å². The Bertz CT molecular complexity index is 1100. The zero-order valence-electron chi connectivity index (χ0n) is 14.8. The Morgan fingerprint density at radius 2 is 1.87 bits per heavy atom. The van der Waals surface area contributed by atoms with Crippen LogP contribution in [0.2, 0.25) is 0 Å². The Labute approximate surface area is 193 Å². The number of fused-ring (bicyclic) bond motifs is 1. The molecule has 12 heteroatoms. The zero-order chi connectivity index (χ0) is 21.6. The van der Waals surface area contributed by atoms with Crippen LogP contribution in [0.4, 0.5) is 24.7 Å². The minimum absolute atomic E-state index is 0.0575. The fourth-order valence-electron chi connectivity index (χ4n) is 3.16. The number of hydrogen-bond acceptors (Lipinski definition) is 4. The van der Waals surface area contributed by atoms with E-state index in [1.54, 1.807) is 36.4 Å². The fraction of sp³-hybridized carbons (Fsp3) is 0.222.